The minimum absolute atomic E-state index is 0.229. The SMILES string of the molecule is Cc1nc(-c2ccccc2)sc1C(=O)NNC(=O)CCc1ccccc1. The van der Waals surface area contributed by atoms with Crippen LogP contribution >= 0.6 is 11.3 Å². The van der Waals surface area contributed by atoms with E-state index in [1.807, 2.05) is 60.7 Å². The normalized spacial score (nSPS) is 10.3. The maximum atomic E-state index is 12.3. The standard InChI is InChI=1S/C20H19N3O2S/c1-14-18(26-20(21-14)16-10-6-3-7-11-16)19(25)23-22-17(24)13-12-15-8-4-2-5-9-15/h2-11H,12-13H2,1H3,(H,22,24)(H,23,25). The van der Waals surface area contributed by atoms with Crippen molar-refractivity contribution in [2.75, 3.05) is 0 Å². The van der Waals surface area contributed by atoms with Crippen molar-refractivity contribution in [1.29, 1.82) is 0 Å². The summed E-state index contributed by atoms with van der Waals surface area (Å²) >= 11 is 1.31. The van der Waals surface area contributed by atoms with E-state index in [0.29, 0.717) is 23.4 Å². The summed E-state index contributed by atoms with van der Waals surface area (Å²) in [6.45, 7) is 1.79. The Morgan fingerprint density at radius 1 is 0.962 bits per heavy atom. The molecule has 2 aromatic carbocycles. The lowest BCUT2D eigenvalue weighted by Gasteiger charge is -2.06. The number of rotatable bonds is 5. The maximum Gasteiger partial charge on any atom is 0.281 e. The van der Waals surface area contributed by atoms with Gasteiger partial charge in [0, 0.05) is 12.0 Å². The number of nitrogens with one attached hydrogen (secondary N) is 2. The molecule has 0 radical (unpaired) electrons. The molecule has 3 rings (SSSR count). The zero-order valence-electron chi connectivity index (χ0n) is 14.4. The number of aromatic nitrogens is 1. The molecular weight excluding hydrogens is 346 g/mol. The molecule has 0 aliphatic heterocycles. The van der Waals surface area contributed by atoms with E-state index in [-0.39, 0.29) is 11.8 Å². The molecule has 2 N–H and O–H groups in total. The molecule has 1 aromatic heterocycles. The topological polar surface area (TPSA) is 71.1 Å². The highest BCUT2D eigenvalue weighted by atomic mass is 32.1. The average Bonchev–Trinajstić information content (AvgIpc) is 3.08. The zero-order chi connectivity index (χ0) is 18.4. The van der Waals surface area contributed by atoms with Crippen LogP contribution in [0.2, 0.25) is 0 Å². The summed E-state index contributed by atoms with van der Waals surface area (Å²) in [4.78, 5) is 29.2. The first-order valence-electron chi connectivity index (χ1n) is 8.29. The predicted octanol–water partition coefficient (Wildman–Crippen LogP) is 3.51. The van der Waals surface area contributed by atoms with E-state index in [1.54, 1.807) is 6.92 Å². The van der Waals surface area contributed by atoms with E-state index >= 15 is 0 Å². The average molecular weight is 365 g/mol. The van der Waals surface area contributed by atoms with Crippen molar-refractivity contribution in [3.8, 4) is 10.6 Å². The van der Waals surface area contributed by atoms with Gasteiger partial charge in [-0.3, -0.25) is 20.4 Å². The highest BCUT2D eigenvalue weighted by Gasteiger charge is 2.16. The quantitative estimate of drug-likeness (QED) is 0.680. The van der Waals surface area contributed by atoms with Crippen LogP contribution in [0.5, 0.6) is 0 Å². The Morgan fingerprint density at radius 3 is 2.31 bits per heavy atom. The summed E-state index contributed by atoms with van der Waals surface area (Å²) in [5.74, 6) is -0.581. The van der Waals surface area contributed by atoms with Crippen molar-refractivity contribution >= 4 is 23.2 Å². The van der Waals surface area contributed by atoms with E-state index in [2.05, 4.69) is 15.8 Å². The smallest absolute Gasteiger partial charge is 0.273 e. The fraction of sp³-hybridized carbons (Fsp3) is 0.150. The van der Waals surface area contributed by atoms with Gasteiger partial charge in [0.15, 0.2) is 0 Å². The Morgan fingerprint density at radius 2 is 1.62 bits per heavy atom. The van der Waals surface area contributed by atoms with Crippen molar-refractivity contribution in [3.05, 3.63) is 76.8 Å². The van der Waals surface area contributed by atoms with Crippen LogP contribution in [0.25, 0.3) is 10.6 Å². The lowest BCUT2D eigenvalue weighted by Crippen LogP contribution is -2.41. The zero-order valence-corrected chi connectivity index (χ0v) is 15.2. The van der Waals surface area contributed by atoms with Crippen LogP contribution < -0.4 is 10.9 Å². The molecule has 0 saturated carbocycles. The van der Waals surface area contributed by atoms with Crippen LogP contribution in [0.1, 0.15) is 27.3 Å². The molecule has 0 spiro atoms. The molecule has 26 heavy (non-hydrogen) atoms. The van der Waals surface area contributed by atoms with Gasteiger partial charge in [-0.1, -0.05) is 60.7 Å². The molecule has 3 aromatic rings. The number of benzene rings is 2. The van der Waals surface area contributed by atoms with Gasteiger partial charge < -0.3 is 0 Å². The highest BCUT2D eigenvalue weighted by Crippen LogP contribution is 2.27. The first kappa shape index (κ1) is 17.8. The van der Waals surface area contributed by atoms with Gasteiger partial charge in [-0.05, 0) is 18.9 Å². The molecule has 0 saturated heterocycles. The number of hydrogen-bond acceptors (Lipinski definition) is 4. The molecule has 0 atom stereocenters. The van der Waals surface area contributed by atoms with Crippen LogP contribution in [0.3, 0.4) is 0 Å². The molecule has 5 nitrogen and oxygen atoms in total. The number of hydrazine groups is 1. The van der Waals surface area contributed by atoms with Crippen molar-refractivity contribution in [3.63, 3.8) is 0 Å². The lowest BCUT2D eigenvalue weighted by atomic mass is 10.1. The second kappa shape index (κ2) is 8.40. The number of hydrogen-bond donors (Lipinski definition) is 2. The van der Waals surface area contributed by atoms with Gasteiger partial charge in [-0.25, -0.2) is 4.98 Å². The Bertz CT molecular complexity index is 892. The molecule has 0 fully saturated rings. The summed E-state index contributed by atoms with van der Waals surface area (Å²) in [7, 11) is 0. The highest BCUT2D eigenvalue weighted by molar-refractivity contribution is 7.17. The first-order valence-corrected chi connectivity index (χ1v) is 9.11. The Labute approximate surface area is 156 Å². The summed E-state index contributed by atoms with van der Waals surface area (Å²) in [6.07, 6.45) is 0.932. The molecule has 0 aliphatic carbocycles. The number of amides is 2. The van der Waals surface area contributed by atoms with Gasteiger partial charge in [-0.2, -0.15) is 0 Å². The Kier molecular flexibility index (Phi) is 5.76. The van der Waals surface area contributed by atoms with Crippen molar-refractivity contribution in [1.82, 2.24) is 15.8 Å². The fourth-order valence-corrected chi connectivity index (χ4v) is 3.43. The molecular formula is C20H19N3O2S. The van der Waals surface area contributed by atoms with Gasteiger partial charge in [0.05, 0.1) is 5.69 Å². The fourth-order valence-electron chi connectivity index (χ4n) is 2.46. The number of carbonyl (C=O) groups is 2. The minimum atomic E-state index is -0.352. The number of nitrogens with zero attached hydrogens (tertiary/aromatic N) is 1. The van der Waals surface area contributed by atoms with Crippen LogP contribution in [0.15, 0.2) is 60.7 Å². The number of thiazole rings is 1. The van der Waals surface area contributed by atoms with Crippen molar-refractivity contribution < 1.29 is 9.59 Å². The van der Waals surface area contributed by atoms with Crippen LogP contribution in [-0.2, 0) is 11.2 Å². The summed E-state index contributed by atoms with van der Waals surface area (Å²) in [6, 6.07) is 19.4. The lowest BCUT2D eigenvalue weighted by molar-refractivity contribution is -0.121. The van der Waals surface area contributed by atoms with Gasteiger partial charge in [0.2, 0.25) is 5.91 Å². The molecule has 6 heteroatoms. The van der Waals surface area contributed by atoms with Gasteiger partial charge in [-0.15, -0.1) is 11.3 Å². The van der Waals surface area contributed by atoms with Crippen molar-refractivity contribution in [2.45, 2.75) is 19.8 Å². The van der Waals surface area contributed by atoms with Crippen LogP contribution in [0.4, 0.5) is 0 Å². The van der Waals surface area contributed by atoms with Gasteiger partial charge in [0.1, 0.15) is 9.88 Å². The van der Waals surface area contributed by atoms with E-state index in [0.717, 1.165) is 16.1 Å². The second-order valence-corrected chi connectivity index (χ2v) is 6.79. The maximum absolute atomic E-state index is 12.3. The van der Waals surface area contributed by atoms with E-state index in [9.17, 15) is 9.59 Å². The van der Waals surface area contributed by atoms with E-state index in [1.165, 1.54) is 11.3 Å². The first-order chi connectivity index (χ1) is 12.6. The molecule has 1 heterocycles. The Hall–Kier alpha value is -2.99. The van der Waals surface area contributed by atoms with Gasteiger partial charge >= 0.3 is 0 Å². The van der Waals surface area contributed by atoms with E-state index < -0.39 is 0 Å². The van der Waals surface area contributed by atoms with Crippen LogP contribution in [0, 0.1) is 6.92 Å². The summed E-state index contributed by atoms with van der Waals surface area (Å²) in [5, 5.41) is 0.781. The van der Waals surface area contributed by atoms with Crippen molar-refractivity contribution in [2.24, 2.45) is 0 Å². The predicted molar refractivity (Wildman–Crippen MR) is 103 cm³/mol. The summed E-state index contributed by atoms with van der Waals surface area (Å²) < 4.78 is 0. The number of carbonyl (C=O) groups excluding carboxylic acids is 2. The van der Waals surface area contributed by atoms with E-state index in [4.69, 9.17) is 0 Å². The third-order valence-corrected chi connectivity index (χ3v) is 5.03. The molecule has 0 aliphatic rings. The van der Waals surface area contributed by atoms with Crippen LogP contribution in [-0.4, -0.2) is 16.8 Å². The molecule has 0 bridgehead atoms. The molecule has 2 amide bonds. The largest absolute Gasteiger partial charge is 0.281 e. The molecule has 0 unspecified atom stereocenters. The third kappa shape index (κ3) is 4.55. The summed E-state index contributed by atoms with van der Waals surface area (Å²) in [5.41, 5.74) is 7.63. The molecule has 132 valence electrons. The monoisotopic (exact) mass is 365 g/mol. The second-order valence-electron chi connectivity index (χ2n) is 5.79. The third-order valence-electron chi connectivity index (χ3n) is 3.82. The Balaban J connectivity index is 1.55. The van der Waals surface area contributed by atoms with Gasteiger partial charge in [0.25, 0.3) is 5.91 Å². The number of aryl methyl sites for hydroxylation is 2. The minimum Gasteiger partial charge on any atom is -0.273 e.